The zero-order valence-electron chi connectivity index (χ0n) is 46.8. The molecule has 3 aromatic rings. The number of nitrogens with two attached hydrogens (primary N) is 4. The van der Waals surface area contributed by atoms with Crippen LogP contribution in [-0.4, -0.2) is 147 Å². The standard InChI is InChI=1S/C55H80F2N12O12/c1-32(64-48(75)33(2)65-53(81)55(61,34(3)71)21-11-12-22-58)49(76)67-42(28-44(60)72)51(78)66-41(50(77)63-24-19-45(73)62-23-13-10-16-40(59)52(79)80)20-25-69(46(74)31-70)47(54(4,5)6)43-26-36(38-27-37(56)17-18-39(38)57)30-68(43)29-35-14-8-7-9-15-35/h7-9,14-15,17-18,26-27,30,32-33,40-42,47,70H,10-13,16,19-25,28-29,31,58-59,61H2,1-6H3,(H2,60,72)(H,62,73)(H,63,77)(H,64,75)(H,65,81)(H,66,78)(H,67,76)(H,79,80)/t32-,33-,40-,41-,42-,47-,55+/m0/s1. The molecule has 81 heavy (non-hydrogen) atoms. The Kier molecular flexibility index (Phi) is 26.7. The molecular weight excluding hydrogens is 1060 g/mol. The molecule has 0 aliphatic carbocycles. The minimum Gasteiger partial charge on any atom is -0.480 e. The van der Waals surface area contributed by atoms with Crippen molar-refractivity contribution in [3.05, 3.63) is 83.7 Å². The maximum absolute atomic E-state index is 15.4. The lowest BCUT2D eigenvalue weighted by Crippen LogP contribution is -2.62. The number of primary amides is 1. The number of nitrogens with zero attached hydrogens (tertiary/aromatic N) is 2. The molecule has 0 bridgehead atoms. The van der Waals surface area contributed by atoms with E-state index in [0.29, 0.717) is 31.4 Å². The van der Waals surface area contributed by atoms with Gasteiger partial charge in [-0.1, -0.05) is 51.1 Å². The van der Waals surface area contributed by atoms with Crippen LogP contribution in [0.2, 0.25) is 0 Å². The number of rotatable bonds is 34. The van der Waals surface area contributed by atoms with Crippen LogP contribution in [-0.2, 0) is 54.5 Å². The van der Waals surface area contributed by atoms with Crippen LogP contribution in [0.25, 0.3) is 11.1 Å². The summed E-state index contributed by atoms with van der Waals surface area (Å²) in [7, 11) is 0. The number of amides is 8. The molecule has 0 radical (unpaired) electrons. The third-order valence-corrected chi connectivity index (χ3v) is 13.3. The number of carboxylic acid groups (broad SMARTS) is 1. The molecule has 2 aromatic carbocycles. The average Bonchev–Trinajstić information content (AvgIpc) is 4.06. The average molecular weight is 1140 g/mol. The maximum atomic E-state index is 15.4. The van der Waals surface area contributed by atoms with Gasteiger partial charge in [0.15, 0.2) is 11.3 Å². The third kappa shape index (κ3) is 21.1. The van der Waals surface area contributed by atoms with E-state index in [2.05, 4.69) is 31.9 Å². The van der Waals surface area contributed by atoms with Gasteiger partial charge in [-0.05, 0) is 108 Å². The summed E-state index contributed by atoms with van der Waals surface area (Å²) in [5.74, 6) is -10.6. The quantitative estimate of drug-likeness (QED) is 0.0282. The summed E-state index contributed by atoms with van der Waals surface area (Å²) in [6.07, 6.45) is 1.85. The number of Topliss-reactive ketones (excluding diaryl/α,β-unsaturated/α-hetero) is 1. The number of hydrogen-bond donors (Lipinski definition) is 12. The van der Waals surface area contributed by atoms with Crippen molar-refractivity contribution in [1.29, 1.82) is 0 Å². The van der Waals surface area contributed by atoms with Gasteiger partial charge in [0, 0.05) is 55.6 Å². The lowest BCUT2D eigenvalue weighted by Gasteiger charge is -2.41. The molecule has 0 spiro atoms. The predicted octanol–water partition coefficient (Wildman–Crippen LogP) is 0.254. The summed E-state index contributed by atoms with van der Waals surface area (Å²) < 4.78 is 31.8. The summed E-state index contributed by atoms with van der Waals surface area (Å²) in [6.45, 7) is 7.95. The molecule has 1 heterocycles. The number of aliphatic hydroxyl groups is 1. The van der Waals surface area contributed by atoms with Crippen LogP contribution in [0.4, 0.5) is 8.78 Å². The van der Waals surface area contributed by atoms with Crippen molar-refractivity contribution < 1.29 is 66.9 Å². The van der Waals surface area contributed by atoms with E-state index >= 15 is 4.39 Å². The van der Waals surface area contributed by atoms with Gasteiger partial charge in [0.2, 0.25) is 47.3 Å². The highest BCUT2D eigenvalue weighted by Crippen LogP contribution is 2.41. The molecule has 16 N–H and O–H groups in total. The fourth-order valence-electron chi connectivity index (χ4n) is 8.76. The van der Waals surface area contributed by atoms with Crippen molar-refractivity contribution in [3.63, 3.8) is 0 Å². The Bertz CT molecular complexity index is 2690. The second kappa shape index (κ2) is 31.9. The molecule has 8 amide bonds. The van der Waals surface area contributed by atoms with Crippen molar-refractivity contribution in [2.45, 2.75) is 148 Å². The largest absolute Gasteiger partial charge is 0.480 e. The molecule has 0 saturated heterocycles. The minimum atomic E-state index is -1.97. The van der Waals surface area contributed by atoms with Gasteiger partial charge in [0.05, 0.1) is 12.5 Å². The number of carboxylic acids is 1. The first-order chi connectivity index (χ1) is 38.0. The molecule has 7 atom stereocenters. The zero-order valence-corrected chi connectivity index (χ0v) is 46.8. The van der Waals surface area contributed by atoms with E-state index in [9.17, 15) is 57.4 Å². The first kappa shape index (κ1) is 67.6. The molecule has 446 valence electrons. The summed E-state index contributed by atoms with van der Waals surface area (Å²) in [5, 5.41) is 34.4. The normalized spacial score (nSPS) is 14.3. The molecule has 0 fully saturated rings. The number of hydrogen-bond acceptors (Lipinski definition) is 14. The summed E-state index contributed by atoms with van der Waals surface area (Å²) in [6, 6.07) is 5.47. The van der Waals surface area contributed by atoms with Crippen LogP contribution in [0.5, 0.6) is 0 Å². The van der Waals surface area contributed by atoms with E-state index in [1.165, 1.54) is 18.7 Å². The second-order valence-electron chi connectivity index (χ2n) is 21.0. The highest BCUT2D eigenvalue weighted by Gasteiger charge is 2.41. The van der Waals surface area contributed by atoms with E-state index < -0.39 is 137 Å². The zero-order chi connectivity index (χ0) is 60.8. The van der Waals surface area contributed by atoms with E-state index in [0.717, 1.165) is 30.7 Å². The summed E-state index contributed by atoms with van der Waals surface area (Å²) in [5.41, 5.74) is 21.3. The van der Waals surface area contributed by atoms with Crippen molar-refractivity contribution in [3.8, 4) is 11.1 Å². The second-order valence-corrected chi connectivity index (χ2v) is 21.0. The van der Waals surface area contributed by atoms with Gasteiger partial charge in [0.1, 0.15) is 48.5 Å². The summed E-state index contributed by atoms with van der Waals surface area (Å²) in [4.78, 5) is 132. The van der Waals surface area contributed by atoms with Crippen LogP contribution in [0.1, 0.15) is 117 Å². The van der Waals surface area contributed by atoms with Crippen LogP contribution in [0.15, 0.2) is 60.8 Å². The number of carbonyl (C=O) groups is 10. The molecule has 0 aliphatic rings. The Hall–Kier alpha value is -7.68. The van der Waals surface area contributed by atoms with Gasteiger partial charge in [-0.15, -0.1) is 0 Å². The molecule has 1 aromatic heterocycles. The number of nitrogens with one attached hydrogen (secondary N) is 6. The third-order valence-electron chi connectivity index (χ3n) is 13.3. The fourth-order valence-corrected chi connectivity index (χ4v) is 8.76. The molecule has 26 heteroatoms. The Morgan fingerprint density at radius 3 is 2.01 bits per heavy atom. The van der Waals surface area contributed by atoms with Crippen LogP contribution in [0.3, 0.4) is 0 Å². The number of aliphatic carboxylic acids is 1. The Morgan fingerprint density at radius 2 is 1.41 bits per heavy atom. The monoisotopic (exact) mass is 1140 g/mol. The van der Waals surface area contributed by atoms with Crippen LogP contribution >= 0.6 is 0 Å². The van der Waals surface area contributed by atoms with Crippen molar-refractivity contribution in [2.75, 3.05) is 32.8 Å². The topological polar surface area (TPSA) is 396 Å². The fraction of sp³-hybridized carbons (Fsp3) is 0.527. The SMILES string of the molecule is CC(=O)[C@](N)(CCCCN)C(=O)N[C@@H](C)C(=O)N[C@@H](C)C(=O)N[C@@H](CC(N)=O)C(=O)N[C@@H](CCN(C(=O)CO)[C@@H](c1cc(-c2cc(F)ccc2F)cn1Cc1ccccc1)C(C)(C)C)C(=O)NCCC(=O)NCCCC[C@H](N)C(=O)O. The van der Waals surface area contributed by atoms with Crippen LogP contribution < -0.4 is 54.8 Å². The van der Waals surface area contributed by atoms with E-state index in [-0.39, 0.29) is 63.1 Å². The number of benzene rings is 2. The van der Waals surface area contributed by atoms with Crippen molar-refractivity contribution >= 4 is 59.0 Å². The van der Waals surface area contributed by atoms with E-state index in [1.54, 1.807) is 37.6 Å². The number of ketones is 1. The molecule has 24 nitrogen and oxygen atoms in total. The Morgan fingerprint density at radius 1 is 0.765 bits per heavy atom. The number of aromatic nitrogens is 1. The number of aliphatic hydroxyl groups excluding tert-OH is 1. The smallest absolute Gasteiger partial charge is 0.320 e. The molecule has 0 aliphatic heterocycles. The molecule has 0 saturated carbocycles. The minimum absolute atomic E-state index is 0.0539. The Balaban J connectivity index is 1.99. The lowest BCUT2D eigenvalue weighted by atomic mass is 9.82. The summed E-state index contributed by atoms with van der Waals surface area (Å²) >= 11 is 0. The predicted molar refractivity (Wildman–Crippen MR) is 294 cm³/mol. The number of carbonyl (C=O) groups excluding carboxylic acids is 9. The highest BCUT2D eigenvalue weighted by molar-refractivity contribution is 6.10. The van der Waals surface area contributed by atoms with Gasteiger partial charge < -0.3 is 74.5 Å². The lowest BCUT2D eigenvalue weighted by molar-refractivity contribution is -0.140. The van der Waals surface area contributed by atoms with Crippen molar-refractivity contribution in [2.24, 2.45) is 28.3 Å². The van der Waals surface area contributed by atoms with Gasteiger partial charge in [0.25, 0.3) is 0 Å². The molecule has 0 unspecified atom stereocenters. The van der Waals surface area contributed by atoms with Gasteiger partial charge >= 0.3 is 5.97 Å². The van der Waals surface area contributed by atoms with E-state index in [4.69, 9.17) is 28.0 Å². The highest BCUT2D eigenvalue weighted by atomic mass is 19.1. The van der Waals surface area contributed by atoms with Gasteiger partial charge in [-0.3, -0.25) is 47.9 Å². The number of halogens is 2. The first-order valence-corrected chi connectivity index (χ1v) is 26.7. The molecule has 3 rings (SSSR count). The van der Waals surface area contributed by atoms with Crippen molar-refractivity contribution in [1.82, 2.24) is 41.4 Å². The Labute approximate surface area is 469 Å². The van der Waals surface area contributed by atoms with E-state index in [1.807, 2.05) is 30.3 Å². The van der Waals surface area contributed by atoms with Crippen LogP contribution in [0, 0.1) is 17.0 Å². The number of unbranched alkanes of at least 4 members (excludes halogenated alkanes) is 2. The van der Waals surface area contributed by atoms with Gasteiger partial charge in [-0.25, -0.2) is 8.78 Å². The first-order valence-electron chi connectivity index (χ1n) is 26.7. The maximum Gasteiger partial charge on any atom is 0.320 e. The van der Waals surface area contributed by atoms with Gasteiger partial charge in [-0.2, -0.15) is 0 Å². The molecular formula is C55H80F2N12O12.